The summed E-state index contributed by atoms with van der Waals surface area (Å²) in [7, 11) is 0. The van der Waals surface area contributed by atoms with Crippen molar-refractivity contribution in [3.05, 3.63) is 35.0 Å². The van der Waals surface area contributed by atoms with Gasteiger partial charge >= 0.3 is 0 Å². The maximum atomic E-state index is 6.38. The molecule has 1 atom stereocenters. The van der Waals surface area contributed by atoms with Crippen molar-refractivity contribution in [3.63, 3.8) is 0 Å². The molecule has 1 aliphatic carbocycles. The van der Waals surface area contributed by atoms with Crippen LogP contribution in [0.25, 0.3) is 22.6 Å². The summed E-state index contributed by atoms with van der Waals surface area (Å²) in [5.74, 6) is 2.06. The van der Waals surface area contributed by atoms with Gasteiger partial charge in [0.05, 0.1) is 18.3 Å². The molecule has 4 heterocycles. The fourth-order valence-corrected chi connectivity index (χ4v) is 3.84. The first-order valence-electron chi connectivity index (χ1n) is 8.67. The summed E-state index contributed by atoms with van der Waals surface area (Å²) in [5.41, 5.74) is 3.63. The number of ether oxygens (including phenoxy) is 1. The van der Waals surface area contributed by atoms with Gasteiger partial charge < -0.3 is 9.30 Å². The van der Waals surface area contributed by atoms with Crippen LogP contribution in [0.1, 0.15) is 42.7 Å². The largest absolute Gasteiger partial charge is 0.379 e. The second kappa shape index (κ2) is 5.75. The maximum absolute atomic E-state index is 6.38. The topological polar surface area (TPSA) is 65.7 Å². The third-order valence-electron chi connectivity index (χ3n) is 4.92. The van der Waals surface area contributed by atoms with E-state index >= 15 is 0 Å². The van der Waals surface area contributed by atoms with E-state index in [2.05, 4.69) is 25.6 Å². The van der Waals surface area contributed by atoms with Gasteiger partial charge in [-0.25, -0.2) is 15.0 Å². The quantitative estimate of drug-likeness (QED) is 0.670. The van der Waals surface area contributed by atoms with Crippen LogP contribution in [-0.4, -0.2) is 37.7 Å². The molecule has 7 heteroatoms. The third kappa shape index (κ3) is 2.51. The average Bonchev–Trinajstić information content (AvgIpc) is 3.17. The Bertz CT molecular complexity index is 959. The van der Waals surface area contributed by atoms with Gasteiger partial charge in [-0.05, 0) is 38.3 Å². The van der Waals surface area contributed by atoms with Crippen LogP contribution in [0.3, 0.4) is 0 Å². The zero-order valence-corrected chi connectivity index (χ0v) is 14.7. The molecule has 1 unspecified atom stereocenters. The summed E-state index contributed by atoms with van der Waals surface area (Å²) in [6.07, 6.45) is 5.19. The average molecular weight is 356 g/mol. The molecule has 25 heavy (non-hydrogen) atoms. The maximum Gasteiger partial charge on any atom is 0.165 e. The summed E-state index contributed by atoms with van der Waals surface area (Å²) >= 11 is 6.38. The van der Waals surface area contributed by atoms with Gasteiger partial charge in [-0.3, -0.25) is 4.98 Å². The molecule has 1 saturated heterocycles. The Kier molecular flexibility index (Phi) is 3.50. The summed E-state index contributed by atoms with van der Waals surface area (Å²) in [4.78, 5) is 18.4. The highest BCUT2D eigenvalue weighted by molar-refractivity contribution is 6.33. The van der Waals surface area contributed by atoms with E-state index in [1.807, 2.05) is 19.2 Å². The molecule has 0 aromatic carbocycles. The van der Waals surface area contributed by atoms with Crippen molar-refractivity contribution in [2.75, 3.05) is 13.2 Å². The lowest BCUT2D eigenvalue weighted by Gasteiger charge is -2.16. The number of rotatable bonds is 3. The molecule has 1 aliphatic heterocycles. The molecule has 0 amide bonds. The standard InChI is InChI=1S/C18H18ClN5O/c1-10-21-16(19)15-18(22-10)24(12-6-8-25-9-12)17(23-15)13-3-2-7-20-14(13)11-4-5-11/h2-3,7,11-12H,4-6,8-9H2,1H3. The van der Waals surface area contributed by atoms with Gasteiger partial charge in [0.15, 0.2) is 10.8 Å². The van der Waals surface area contributed by atoms with E-state index in [0.29, 0.717) is 29.0 Å². The number of halogens is 1. The molecule has 5 rings (SSSR count). The van der Waals surface area contributed by atoms with Gasteiger partial charge in [-0.1, -0.05) is 11.6 Å². The van der Waals surface area contributed by atoms with Crippen molar-refractivity contribution in [2.24, 2.45) is 0 Å². The number of aryl methyl sites for hydroxylation is 1. The number of hydrogen-bond acceptors (Lipinski definition) is 5. The molecule has 2 fully saturated rings. The highest BCUT2D eigenvalue weighted by Gasteiger charge is 2.32. The summed E-state index contributed by atoms with van der Waals surface area (Å²) in [6.45, 7) is 3.27. The Morgan fingerprint density at radius 1 is 1.20 bits per heavy atom. The zero-order chi connectivity index (χ0) is 17.0. The van der Waals surface area contributed by atoms with E-state index in [0.717, 1.165) is 35.8 Å². The summed E-state index contributed by atoms with van der Waals surface area (Å²) < 4.78 is 7.82. The number of imidazole rings is 1. The molecule has 0 radical (unpaired) electrons. The minimum absolute atomic E-state index is 0.206. The van der Waals surface area contributed by atoms with E-state index in [9.17, 15) is 0 Å². The molecule has 128 valence electrons. The van der Waals surface area contributed by atoms with Gasteiger partial charge in [0.25, 0.3) is 0 Å². The van der Waals surface area contributed by atoms with Crippen molar-refractivity contribution >= 4 is 22.8 Å². The predicted octanol–water partition coefficient (Wildman–Crippen LogP) is 3.69. The molecule has 2 aliphatic rings. The molecule has 0 spiro atoms. The van der Waals surface area contributed by atoms with Crippen molar-refractivity contribution in [2.45, 2.75) is 38.1 Å². The van der Waals surface area contributed by atoms with Gasteiger partial charge in [0, 0.05) is 24.3 Å². The first kappa shape index (κ1) is 15.2. The minimum Gasteiger partial charge on any atom is -0.379 e. The highest BCUT2D eigenvalue weighted by atomic mass is 35.5. The normalized spacial score (nSPS) is 20.5. The van der Waals surface area contributed by atoms with E-state index < -0.39 is 0 Å². The fourth-order valence-electron chi connectivity index (χ4n) is 3.59. The Labute approximate surface area is 150 Å². The van der Waals surface area contributed by atoms with E-state index in [-0.39, 0.29) is 6.04 Å². The van der Waals surface area contributed by atoms with Crippen molar-refractivity contribution < 1.29 is 4.74 Å². The second-order valence-electron chi connectivity index (χ2n) is 6.77. The lowest BCUT2D eigenvalue weighted by molar-refractivity contribution is 0.187. The molecular formula is C18H18ClN5O. The Balaban J connectivity index is 1.80. The third-order valence-corrected chi connectivity index (χ3v) is 5.19. The SMILES string of the molecule is Cc1nc(Cl)c2nc(-c3cccnc3C3CC3)n(C3CCOC3)c2n1. The number of hydrogen-bond donors (Lipinski definition) is 0. The lowest BCUT2D eigenvalue weighted by atomic mass is 10.1. The highest BCUT2D eigenvalue weighted by Crippen LogP contribution is 2.44. The molecule has 3 aromatic rings. The van der Waals surface area contributed by atoms with Crippen molar-refractivity contribution in [3.8, 4) is 11.4 Å². The number of pyridine rings is 1. The Morgan fingerprint density at radius 3 is 2.84 bits per heavy atom. The fraction of sp³-hybridized carbons (Fsp3) is 0.444. The summed E-state index contributed by atoms with van der Waals surface area (Å²) in [6, 6.07) is 4.27. The van der Waals surface area contributed by atoms with Crippen LogP contribution >= 0.6 is 11.6 Å². The van der Waals surface area contributed by atoms with Crippen molar-refractivity contribution in [1.82, 2.24) is 24.5 Å². The smallest absolute Gasteiger partial charge is 0.165 e. The van der Waals surface area contributed by atoms with Crippen LogP contribution in [0.15, 0.2) is 18.3 Å². The molecule has 1 saturated carbocycles. The Hall–Kier alpha value is -2.05. The van der Waals surface area contributed by atoms with E-state index in [1.54, 1.807) is 0 Å². The first-order valence-corrected chi connectivity index (χ1v) is 9.05. The van der Waals surface area contributed by atoms with Gasteiger partial charge in [0.2, 0.25) is 0 Å². The number of nitrogens with zero attached hydrogens (tertiary/aromatic N) is 5. The van der Waals surface area contributed by atoms with Crippen LogP contribution in [0, 0.1) is 6.92 Å². The monoisotopic (exact) mass is 355 g/mol. The molecule has 0 bridgehead atoms. The van der Waals surface area contributed by atoms with Crippen LogP contribution in [0.5, 0.6) is 0 Å². The first-order chi connectivity index (χ1) is 12.2. The molecule has 3 aromatic heterocycles. The molecule has 6 nitrogen and oxygen atoms in total. The molecular weight excluding hydrogens is 338 g/mol. The second-order valence-corrected chi connectivity index (χ2v) is 7.13. The lowest BCUT2D eigenvalue weighted by Crippen LogP contribution is -2.12. The number of fused-ring (bicyclic) bond motifs is 1. The van der Waals surface area contributed by atoms with Crippen molar-refractivity contribution in [1.29, 1.82) is 0 Å². The van der Waals surface area contributed by atoms with Crippen LogP contribution in [-0.2, 0) is 4.74 Å². The molecule has 0 N–H and O–H groups in total. The zero-order valence-electron chi connectivity index (χ0n) is 13.9. The van der Waals surface area contributed by atoms with Crippen LogP contribution in [0.2, 0.25) is 5.15 Å². The van der Waals surface area contributed by atoms with Gasteiger partial charge in [-0.2, -0.15) is 0 Å². The minimum atomic E-state index is 0.206. The number of aromatic nitrogens is 5. The van der Waals surface area contributed by atoms with Crippen LogP contribution in [0.4, 0.5) is 0 Å². The van der Waals surface area contributed by atoms with Gasteiger partial charge in [-0.15, -0.1) is 0 Å². The van der Waals surface area contributed by atoms with E-state index in [1.165, 1.54) is 12.8 Å². The van der Waals surface area contributed by atoms with Gasteiger partial charge in [0.1, 0.15) is 17.2 Å². The van der Waals surface area contributed by atoms with E-state index in [4.69, 9.17) is 21.3 Å². The predicted molar refractivity (Wildman–Crippen MR) is 94.7 cm³/mol. The summed E-state index contributed by atoms with van der Waals surface area (Å²) in [5, 5.41) is 0.401. The van der Waals surface area contributed by atoms with Crippen LogP contribution < -0.4 is 0 Å². The Morgan fingerprint density at radius 2 is 2.08 bits per heavy atom.